The second kappa shape index (κ2) is 6.08. The molecule has 1 saturated heterocycles. The average molecular weight is 284 g/mol. The smallest absolute Gasteiger partial charge is 0.274 e. The van der Waals surface area contributed by atoms with Crippen molar-refractivity contribution in [3.8, 4) is 0 Å². The van der Waals surface area contributed by atoms with Crippen LogP contribution in [0.25, 0.3) is 0 Å². The van der Waals surface area contributed by atoms with Crippen molar-refractivity contribution in [1.29, 1.82) is 0 Å². The van der Waals surface area contributed by atoms with E-state index in [1.54, 1.807) is 6.20 Å². The van der Waals surface area contributed by atoms with Crippen LogP contribution >= 0.6 is 0 Å². The fourth-order valence-electron chi connectivity index (χ4n) is 2.95. The standard InChI is InChI=1S/C16H20N4O/c1-2-5-13-10-14(19-18-13)16(21)20-9-4-7-15(20)12-6-3-8-17-11-12/h3,6,8,10-11,15H,2,4-5,7,9H2,1H3,(H,18,19). The molecule has 2 aromatic heterocycles. The highest BCUT2D eigenvalue weighted by atomic mass is 16.2. The van der Waals surface area contributed by atoms with E-state index in [4.69, 9.17) is 0 Å². The van der Waals surface area contributed by atoms with Gasteiger partial charge >= 0.3 is 0 Å². The average Bonchev–Trinajstić information content (AvgIpc) is 3.17. The molecule has 3 heterocycles. The first-order chi connectivity index (χ1) is 10.3. The molecule has 1 aliphatic heterocycles. The molecule has 0 aromatic carbocycles. The van der Waals surface area contributed by atoms with E-state index in [0.717, 1.165) is 43.5 Å². The molecule has 2 aromatic rings. The van der Waals surface area contributed by atoms with E-state index in [1.165, 1.54) is 0 Å². The number of amides is 1. The van der Waals surface area contributed by atoms with Gasteiger partial charge in [0.2, 0.25) is 0 Å². The van der Waals surface area contributed by atoms with Crippen molar-refractivity contribution in [2.45, 2.75) is 38.6 Å². The molecule has 1 unspecified atom stereocenters. The molecule has 0 spiro atoms. The number of rotatable bonds is 4. The molecule has 0 aliphatic carbocycles. The van der Waals surface area contributed by atoms with Gasteiger partial charge in [0, 0.05) is 24.6 Å². The second-order valence-corrected chi connectivity index (χ2v) is 5.47. The molecule has 3 rings (SSSR count). The lowest BCUT2D eigenvalue weighted by atomic mass is 10.1. The zero-order valence-electron chi connectivity index (χ0n) is 12.2. The van der Waals surface area contributed by atoms with E-state index in [1.807, 2.05) is 29.3 Å². The third-order valence-corrected chi connectivity index (χ3v) is 3.95. The van der Waals surface area contributed by atoms with Crippen molar-refractivity contribution in [1.82, 2.24) is 20.1 Å². The monoisotopic (exact) mass is 284 g/mol. The lowest BCUT2D eigenvalue weighted by molar-refractivity contribution is 0.0729. The highest BCUT2D eigenvalue weighted by Gasteiger charge is 2.31. The summed E-state index contributed by atoms with van der Waals surface area (Å²) >= 11 is 0. The number of nitrogens with one attached hydrogen (secondary N) is 1. The molecule has 1 fully saturated rings. The van der Waals surface area contributed by atoms with Crippen LogP contribution in [0.1, 0.15) is 54.0 Å². The minimum atomic E-state index is 0.0138. The molecule has 0 saturated carbocycles. The van der Waals surface area contributed by atoms with Crippen LogP contribution in [0.5, 0.6) is 0 Å². The number of carbonyl (C=O) groups is 1. The normalized spacial score (nSPS) is 18.1. The van der Waals surface area contributed by atoms with E-state index in [2.05, 4.69) is 22.1 Å². The van der Waals surface area contributed by atoms with E-state index < -0.39 is 0 Å². The molecule has 5 nitrogen and oxygen atoms in total. The highest BCUT2D eigenvalue weighted by Crippen LogP contribution is 2.32. The van der Waals surface area contributed by atoms with Gasteiger partial charge in [-0.15, -0.1) is 0 Å². The Morgan fingerprint density at radius 3 is 3.19 bits per heavy atom. The maximum Gasteiger partial charge on any atom is 0.274 e. The molecule has 1 amide bonds. The summed E-state index contributed by atoms with van der Waals surface area (Å²) < 4.78 is 0. The van der Waals surface area contributed by atoms with Gasteiger partial charge in [-0.25, -0.2) is 0 Å². The third-order valence-electron chi connectivity index (χ3n) is 3.95. The minimum absolute atomic E-state index is 0.0138. The summed E-state index contributed by atoms with van der Waals surface area (Å²) in [5.41, 5.74) is 2.65. The number of aromatic amines is 1. The number of carbonyl (C=O) groups excluding carboxylic acids is 1. The van der Waals surface area contributed by atoms with E-state index in [0.29, 0.717) is 5.69 Å². The summed E-state index contributed by atoms with van der Waals surface area (Å²) in [5, 5.41) is 7.13. The van der Waals surface area contributed by atoms with Crippen LogP contribution < -0.4 is 0 Å². The number of hydrogen-bond acceptors (Lipinski definition) is 3. The van der Waals surface area contributed by atoms with Gasteiger partial charge in [-0.05, 0) is 37.0 Å². The summed E-state index contributed by atoms with van der Waals surface area (Å²) in [5.74, 6) is 0.0138. The first kappa shape index (κ1) is 13.8. The van der Waals surface area contributed by atoms with Crippen LogP contribution in [0.3, 0.4) is 0 Å². The van der Waals surface area contributed by atoms with Crippen molar-refractivity contribution in [2.24, 2.45) is 0 Å². The largest absolute Gasteiger partial charge is 0.330 e. The Morgan fingerprint density at radius 2 is 2.43 bits per heavy atom. The van der Waals surface area contributed by atoms with Gasteiger partial charge in [0.15, 0.2) is 0 Å². The molecule has 0 bridgehead atoms. The van der Waals surface area contributed by atoms with Gasteiger partial charge < -0.3 is 4.90 Å². The molecule has 1 aliphatic rings. The summed E-state index contributed by atoms with van der Waals surface area (Å²) in [7, 11) is 0. The highest BCUT2D eigenvalue weighted by molar-refractivity contribution is 5.92. The van der Waals surface area contributed by atoms with Crippen molar-refractivity contribution >= 4 is 5.91 Å². The summed E-state index contributed by atoms with van der Waals surface area (Å²) in [6.45, 7) is 2.90. The van der Waals surface area contributed by atoms with Crippen molar-refractivity contribution in [3.63, 3.8) is 0 Å². The Hall–Kier alpha value is -2.17. The lowest BCUT2D eigenvalue weighted by Crippen LogP contribution is -2.30. The number of aromatic nitrogens is 3. The minimum Gasteiger partial charge on any atom is -0.330 e. The van der Waals surface area contributed by atoms with Gasteiger partial charge in [0.25, 0.3) is 5.91 Å². The second-order valence-electron chi connectivity index (χ2n) is 5.47. The van der Waals surface area contributed by atoms with Crippen molar-refractivity contribution in [2.75, 3.05) is 6.54 Å². The Balaban J connectivity index is 1.79. The lowest BCUT2D eigenvalue weighted by Gasteiger charge is -2.23. The van der Waals surface area contributed by atoms with Gasteiger partial charge in [-0.2, -0.15) is 5.10 Å². The molecule has 1 atom stereocenters. The van der Waals surface area contributed by atoms with E-state index >= 15 is 0 Å². The quantitative estimate of drug-likeness (QED) is 0.939. The fraction of sp³-hybridized carbons (Fsp3) is 0.438. The zero-order chi connectivity index (χ0) is 14.7. The Kier molecular flexibility index (Phi) is 3.99. The van der Waals surface area contributed by atoms with Gasteiger partial charge in [-0.3, -0.25) is 14.9 Å². The predicted molar refractivity (Wildman–Crippen MR) is 79.8 cm³/mol. The maximum absolute atomic E-state index is 12.7. The first-order valence-corrected chi connectivity index (χ1v) is 7.54. The van der Waals surface area contributed by atoms with Crippen LogP contribution in [-0.2, 0) is 6.42 Å². The Bertz CT molecular complexity index is 608. The molecule has 1 N–H and O–H groups in total. The van der Waals surface area contributed by atoms with Crippen molar-refractivity contribution < 1.29 is 4.79 Å². The van der Waals surface area contributed by atoms with Crippen LogP contribution in [0.2, 0.25) is 0 Å². The van der Waals surface area contributed by atoms with Gasteiger partial charge in [0.1, 0.15) is 5.69 Å². The van der Waals surface area contributed by atoms with Crippen LogP contribution in [0.4, 0.5) is 0 Å². The predicted octanol–water partition coefficient (Wildman–Crippen LogP) is 2.73. The van der Waals surface area contributed by atoms with Gasteiger partial charge in [-0.1, -0.05) is 19.4 Å². The SMILES string of the molecule is CCCc1cc(C(=O)N2CCCC2c2cccnc2)n[nH]1. The molecular formula is C16H20N4O. The topological polar surface area (TPSA) is 61.9 Å². The molecule has 110 valence electrons. The number of nitrogens with zero attached hydrogens (tertiary/aromatic N) is 3. The third kappa shape index (κ3) is 2.82. The zero-order valence-corrected chi connectivity index (χ0v) is 12.2. The number of aryl methyl sites for hydroxylation is 1. The van der Waals surface area contributed by atoms with Crippen molar-refractivity contribution in [3.05, 3.63) is 47.5 Å². The molecule has 21 heavy (non-hydrogen) atoms. The summed E-state index contributed by atoms with van der Waals surface area (Å²) in [4.78, 5) is 18.8. The first-order valence-electron chi connectivity index (χ1n) is 7.54. The summed E-state index contributed by atoms with van der Waals surface area (Å²) in [6, 6.07) is 5.96. The molecule has 0 radical (unpaired) electrons. The number of likely N-dealkylation sites (tertiary alicyclic amines) is 1. The Labute approximate surface area is 124 Å². The van der Waals surface area contributed by atoms with Gasteiger partial charge in [0.05, 0.1) is 6.04 Å². The van der Waals surface area contributed by atoms with E-state index in [-0.39, 0.29) is 11.9 Å². The molecular weight excluding hydrogens is 264 g/mol. The number of pyridine rings is 1. The number of H-pyrrole nitrogens is 1. The van der Waals surface area contributed by atoms with Crippen LogP contribution in [-0.4, -0.2) is 32.5 Å². The number of hydrogen-bond donors (Lipinski definition) is 1. The van der Waals surface area contributed by atoms with Crippen LogP contribution in [0.15, 0.2) is 30.6 Å². The fourth-order valence-corrected chi connectivity index (χ4v) is 2.95. The maximum atomic E-state index is 12.7. The molecule has 5 heteroatoms. The Morgan fingerprint density at radius 1 is 1.52 bits per heavy atom. The van der Waals surface area contributed by atoms with Crippen LogP contribution in [0, 0.1) is 0 Å². The van der Waals surface area contributed by atoms with E-state index in [9.17, 15) is 4.79 Å². The summed E-state index contributed by atoms with van der Waals surface area (Å²) in [6.07, 6.45) is 7.59.